The largest absolute Gasteiger partial charge is 0.360 e. The van der Waals surface area contributed by atoms with Crippen molar-refractivity contribution in [2.24, 2.45) is 4.99 Å². The van der Waals surface area contributed by atoms with Gasteiger partial charge in [0, 0.05) is 19.5 Å². The summed E-state index contributed by atoms with van der Waals surface area (Å²) in [6.07, 6.45) is 3.22. The van der Waals surface area contributed by atoms with Gasteiger partial charge in [-0.2, -0.15) is 0 Å². The molecule has 1 fully saturated rings. The molecule has 1 aromatic rings. The number of hydrogen-bond donors (Lipinski definition) is 0. The average Bonchev–Trinajstić information content (AvgIpc) is 2.71. The van der Waals surface area contributed by atoms with E-state index in [0.29, 0.717) is 10.7 Å². The van der Waals surface area contributed by atoms with E-state index in [1.165, 1.54) is 12.1 Å². The maximum Gasteiger partial charge on any atom is 0.124 e. The zero-order chi connectivity index (χ0) is 12.3. The summed E-state index contributed by atoms with van der Waals surface area (Å²) in [5.74, 6) is 0.746. The standard InChI is InChI=1S/C13H16ClFN2/c1-2-7-17-8-3-4-13(17)16-12-6-5-10(15)9-11(12)14/h5-6,9H,2-4,7-8H2,1H3. The molecule has 0 unspecified atom stereocenters. The normalized spacial score (nSPS) is 18.1. The third kappa shape index (κ3) is 2.97. The minimum absolute atomic E-state index is 0.323. The summed E-state index contributed by atoms with van der Waals surface area (Å²) in [5, 5.41) is 0.376. The van der Waals surface area contributed by atoms with Gasteiger partial charge >= 0.3 is 0 Å². The lowest BCUT2D eigenvalue weighted by molar-refractivity contribution is 0.452. The molecule has 0 atom stereocenters. The van der Waals surface area contributed by atoms with Crippen molar-refractivity contribution in [1.82, 2.24) is 4.90 Å². The van der Waals surface area contributed by atoms with E-state index in [-0.39, 0.29) is 5.82 Å². The predicted molar refractivity (Wildman–Crippen MR) is 69.6 cm³/mol. The maximum atomic E-state index is 12.9. The fraction of sp³-hybridized carbons (Fsp3) is 0.462. The molecule has 17 heavy (non-hydrogen) atoms. The lowest BCUT2D eigenvalue weighted by Gasteiger charge is -2.17. The minimum Gasteiger partial charge on any atom is -0.360 e. The van der Waals surface area contributed by atoms with Crippen LogP contribution in [0, 0.1) is 5.82 Å². The van der Waals surface area contributed by atoms with Gasteiger partial charge in [0.15, 0.2) is 0 Å². The zero-order valence-corrected chi connectivity index (χ0v) is 10.7. The second-order valence-corrected chi connectivity index (χ2v) is 4.62. The number of hydrogen-bond acceptors (Lipinski definition) is 1. The van der Waals surface area contributed by atoms with Crippen LogP contribution in [0.15, 0.2) is 23.2 Å². The van der Waals surface area contributed by atoms with Crippen LogP contribution in [0.3, 0.4) is 0 Å². The highest BCUT2D eigenvalue weighted by atomic mass is 35.5. The lowest BCUT2D eigenvalue weighted by atomic mass is 10.3. The molecule has 0 amide bonds. The number of likely N-dealkylation sites (tertiary alicyclic amines) is 1. The van der Waals surface area contributed by atoms with Gasteiger partial charge in [-0.15, -0.1) is 0 Å². The van der Waals surface area contributed by atoms with Gasteiger partial charge in [-0.05, 0) is 31.0 Å². The fourth-order valence-corrected chi connectivity index (χ4v) is 2.27. The molecule has 0 radical (unpaired) electrons. The Morgan fingerprint density at radius 3 is 3.00 bits per heavy atom. The van der Waals surface area contributed by atoms with Gasteiger partial charge in [-0.1, -0.05) is 18.5 Å². The molecule has 1 aliphatic heterocycles. The summed E-state index contributed by atoms with van der Waals surface area (Å²) < 4.78 is 12.9. The second kappa shape index (κ2) is 5.50. The number of nitrogens with zero attached hydrogens (tertiary/aromatic N) is 2. The number of amidine groups is 1. The van der Waals surface area contributed by atoms with Gasteiger partial charge in [0.2, 0.25) is 0 Å². The summed E-state index contributed by atoms with van der Waals surface area (Å²) in [7, 11) is 0. The van der Waals surface area contributed by atoms with Gasteiger partial charge in [0.1, 0.15) is 11.7 Å². The Bertz CT molecular complexity index is 431. The molecule has 0 bridgehead atoms. The Balaban J connectivity index is 2.22. The van der Waals surface area contributed by atoms with Gasteiger partial charge < -0.3 is 4.90 Å². The van der Waals surface area contributed by atoms with Crippen LogP contribution in [0.4, 0.5) is 10.1 Å². The molecule has 0 spiro atoms. The van der Waals surface area contributed by atoms with Crippen molar-refractivity contribution in [3.05, 3.63) is 29.0 Å². The van der Waals surface area contributed by atoms with E-state index in [1.54, 1.807) is 6.07 Å². The summed E-state index contributed by atoms with van der Waals surface area (Å²) in [6.45, 7) is 4.24. The molecular weight excluding hydrogens is 239 g/mol. The van der Waals surface area contributed by atoms with Crippen molar-refractivity contribution in [2.45, 2.75) is 26.2 Å². The van der Waals surface area contributed by atoms with E-state index in [1.807, 2.05) is 0 Å². The van der Waals surface area contributed by atoms with Crippen molar-refractivity contribution >= 4 is 23.1 Å². The summed E-state index contributed by atoms with van der Waals surface area (Å²) in [4.78, 5) is 6.82. The van der Waals surface area contributed by atoms with Crippen LogP contribution in [0.1, 0.15) is 26.2 Å². The van der Waals surface area contributed by atoms with Crippen molar-refractivity contribution < 1.29 is 4.39 Å². The quantitative estimate of drug-likeness (QED) is 0.796. The molecule has 92 valence electrons. The second-order valence-electron chi connectivity index (χ2n) is 4.21. The first-order valence-corrected chi connectivity index (χ1v) is 6.36. The highest BCUT2D eigenvalue weighted by Gasteiger charge is 2.17. The topological polar surface area (TPSA) is 15.6 Å². The molecule has 1 aromatic carbocycles. The summed E-state index contributed by atoms with van der Waals surface area (Å²) in [6, 6.07) is 4.33. The number of benzene rings is 1. The minimum atomic E-state index is -0.323. The van der Waals surface area contributed by atoms with Crippen LogP contribution in [0.2, 0.25) is 5.02 Å². The molecule has 2 nitrogen and oxygen atoms in total. The van der Waals surface area contributed by atoms with E-state index in [4.69, 9.17) is 11.6 Å². The highest BCUT2D eigenvalue weighted by molar-refractivity contribution is 6.33. The molecular formula is C13H16ClFN2. The Labute approximate surface area is 106 Å². The molecule has 0 N–H and O–H groups in total. The Morgan fingerprint density at radius 2 is 2.29 bits per heavy atom. The molecule has 4 heteroatoms. The van der Waals surface area contributed by atoms with Crippen molar-refractivity contribution in [3.63, 3.8) is 0 Å². The molecule has 0 saturated carbocycles. The van der Waals surface area contributed by atoms with E-state index in [9.17, 15) is 4.39 Å². The third-order valence-corrected chi connectivity index (χ3v) is 3.15. The maximum absolute atomic E-state index is 12.9. The van der Waals surface area contributed by atoms with Crippen molar-refractivity contribution in [3.8, 4) is 0 Å². The van der Waals surface area contributed by atoms with Crippen LogP contribution >= 0.6 is 11.6 Å². The van der Waals surface area contributed by atoms with Crippen molar-refractivity contribution in [1.29, 1.82) is 0 Å². The van der Waals surface area contributed by atoms with E-state index >= 15 is 0 Å². The first kappa shape index (κ1) is 12.4. The van der Waals surface area contributed by atoms with Crippen LogP contribution in [0.25, 0.3) is 0 Å². The number of rotatable bonds is 3. The molecule has 1 saturated heterocycles. The van der Waals surface area contributed by atoms with E-state index < -0.39 is 0 Å². The molecule has 1 heterocycles. The van der Waals surface area contributed by atoms with Gasteiger partial charge in [0.25, 0.3) is 0 Å². The highest BCUT2D eigenvalue weighted by Crippen LogP contribution is 2.27. The summed E-state index contributed by atoms with van der Waals surface area (Å²) >= 11 is 5.97. The number of aliphatic imine (C=N–C) groups is 1. The van der Waals surface area contributed by atoms with Gasteiger partial charge in [-0.25, -0.2) is 9.38 Å². The first-order chi connectivity index (χ1) is 8.20. The van der Waals surface area contributed by atoms with E-state index in [2.05, 4.69) is 16.8 Å². The Hall–Kier alpha value is -1.09. The first-order valence-electron chi connectivity index (χ1n) is 5.98. The van der Waals surface area contributed by atoms with Crippen molar-refractivity contribution in [2.75, 3.05) is 13.1 Å². The summed E-state index contributed by atoms with van der Waals surface area (Å²) in [5.41, 5.74) is 0.658. The van der Waals surface area contributed by atoms with Crippen LogP contribution in [0.5, 0.6) is 0 Å². The predicted octanol–water partition coefficient (Wildman–Crippen LogP) is 4.01. The van der Waals surface area contributed by atoms with Gasteiger partial charge in [0.05, 0.1) is 10.7 Å². The Morgan fingerprint density at radius 1 is 1.47 bits per heavy atom. The average molecular weight is 255 g/mol. The van der Waals surface area contributed by atoms with Crippen LogP contribution in [-0.2, 0) is 0 Å². The lowest BCUT2D eigenvalue weighted by Crippen LogP contribution is -2.25. The SMILES string of the molecule is CCCN1CCCC1=Nc1ccc(F)cc1Cl. The fourth-order valence-electron chi connectivity index (χ4n) is 2.06. The van der Waals surface area contributed by atoms with Crippen LogP contribution < -0.4 is 0 Å². The Kier molecular flexibility index (Phi) is 4.00. The smallest absolute Gasteiger partial charge is 0.124 e. The van der Waals surface area contributed by atoms with Gasteiger partial charge in [-0.3, -0.25) is 0 Å². The van der Waals surface area contributed by atoms with E-state index in [0.717, 1.165) is 38.2 Å². The molecule has 0 aromatic heterocycles. The molecule has 1 aliphatic rings. The monoisotopic (exact) mass is 254 g/mol. The van der Waals surface area contributed by atoms with Crippen LogP contribution in [-0.4, -0.2) is 23.8 Å². The zero-order valence-electron chi connectivity index (χ0n) is 9.92. The molecule has 2 rings (SSSR count). The molecule has 0 aliphatic carbocycles. The third-order valence-electron chi connectivity index (χ3n) is 2.85. The number of halogens is 2.